The predicted molar refractivity (Wildman–Crippen MR) is 106 cm³/mol. The maximum absolute atomic E-state index is 12.9. The van der Waals surface area contributed by atoms with Crippen LogP contribution in [0.1, 0.15) is 44.0 Å². The van der Waals surface area contributed by atoms with Gasteiger partial charge >= 0.3 is 0 Å². The second kappa shape index (κ2) is 8.81. The summed E-state index contributed by atoms with van der Waals surface area (Å²) < 4.78 is 1.72. The second-order valence-corrected chi connectivity index (χ2v) is 7.83. The molecule has 0 aliphatic carbocycles. The molecular formula is C20H23N5OS. The van der Waals surface area contributed by atoms with E-state index in [4.69, 9.17) is 0 Å². The van der Waals surface area contributed by atoms with E-state index >= 15 is 0 Å². The molecule has 0 aliphatic rings. The van der Waals surface area contributed by atoms with Crippen LogP contribution < -0.4 is 5.32 Å². The van der Waals surface area contributed by atoms with Gasteiger partial charge in [0.1, 0.15) is 0 Å². The van der Waals surface area contributed by atoms with E-state index in [1.807, 2.05) is 81.4 Å². The highest BCUT2D eigenvalue weighted by Gasteiger charge is 2.23. The van der Waals surface area contributed by atoms with Gasteiger partial charge in [-0.25, -0.2) is 4.68 Å². The molecule has 0 saturated carbocycles. The van der Waals surface area contributed by atoms with E-state index in [9.17, 15) is 4.79 Å². The molecule has 0 aliphatic heterocycles. The fourth-order valence-corrected chi connectivity index (χ4v) is 3.64. The van der Waals surface area contributed by atoms with E-state index in [1.54, 1.807) is 4.68 Å². The quantitative estimate of drug-likeness (QED) is 0.633. The molecule has 1 N–H and O–H groups in total. The van der Waals surface area contributed by atoms with Gasteiger partial charge in [0.25, 0.3) is 0 Å². The summed E-state index contributed by atoms with van der Waals surface area (Å²) in [7, 11) is 0. The molecule has 1 aromatic heterocycles. The van der Waals surface area contributed by atoms with Crippen molar-refractivity contribution < 1.29 is 4.79 Å². The van der Waals surface area contributed by atoms with Crippen molar-refractivity contribution in [1.29, 1.82) is 0 Å². The van der Waals surface area contributed by atoms with Crippen LogP contribution in [-0.2, 0) is 4.79 Å². The summed E-state index contributed by atoms with van der Waals surface area (Å²) in [5.74, 6) is -0.0592. The summed E-state index contributed by atoms with van der Waals surface area (Å²) in [5.41, 5.74) is 2.09. The van der Waals surface area contributed by atoms with Crippen molar-refractivity contribution in [1.82, 2.24) is 25.5 Å². The maximum Gasteiger partial charge on any atom is 0.234 e. The average molecular weight is 382 g/mol. The molecule has 1 unspecified atom stereocenters. The van der Waals surface area contributed by atoms with E-state index in [2.05, 4.69) is 20.8 Å². The highest BCUT2D eigenvalue weighted by atomic mass is 32.2. The van der Waals surface area contributed by atoms with Gasteiger partial charge in [-0.3, -0.25) is 4.79 Å². The van der Waals surface area contributed by atoms with E-state index in [0.717, 1.165) is 11.1 Å². The molecule has 3 aromatic rings. The first-order chi connectivity index (χ1) is 13.1. The van der Waals surface area contributed by atoms with Crippen LogP contribution in [0.5, 0.6) is 0 Å². The smallest absolute Gasteiger partial charge is 0.234 e. The van der Waals surface area contributed by atoms with Gasteiger partial charge in [0.05, 0.1) is 17.3 Å². The molecule has 1 amide bonds. The predicted octanol–water partition coefficient (Wildman–Crippen LogP) is 3.64. The zero-order valence-electron chi connectivity index (χ0n) is 15.6. The van der Waals surface area contributed by atoms with Crippen LogP contribution in [0.25, 0.3) is 0 Å². The molecule has 3 rings (SSSR count). The third kappa shape index (κ3) is 4.74. The van der Waals surface area contributed by atoms with Gasteiger partial charge in [0.15, 0.2) is 0 Å². The van der Waals surface area contributed by atoms with Crippen LogP contribution in [0.2, 0.25) is 0 Å². The molecule has 0 radical (unpaired) electrons. The van der Waals surface area contributed by atoms with Gasteiger partial charge in [-0.05, 0) is 42.3 Å². The number of nitrogens with one attached hydrogen (secondary N) is 1. The SMILES string of the molecule is CC(Sc1nnnn1C(C)C)C(=O)NC(c1ccccc1)c1ccccc1. The van der Waals surface area contributed by atoms with Gasteiger partial charge in [-0.1, -0.05) is 72.4 Å². The Labute approximate surface area is 163 Å². The van der Waals surface area contributed by atoms with Gasteiger partial charge in [-0.15, -0.1) is 5.10 Å². The Bertz CT molecular complexity index is 827. The Morgan fingerprint density at radius 2 is 1.52 bits per heavy atom. The summed E-state index contributed by atoms with van der Waals surface area (Å²) in [6, 6.07) is 19.9. The summed E-state index contributed by atoms with van der Waals surface area (Å²) in [4.78, 5) is 12.9. The van der Waals surface area contributed by atoms with Gasteiger partial charge in [0, 0.05) is 0 Å². The van der Waals surface area contributed by atoms with E-state index in [-0.39, 0.29) is 23.2 Å². The number of rotatable bonds is 7. The van der Waals surface area contributed by atoms with Crippen LogP contribution in [0.3, 0.4) is 0 Å². The molecule has 0 saturated heterocycles. The largest absolute Gasteiger partial charge is 0.344 e. The lowest BCUT2D eigenvalue weighted by Crippen LogP contribution is -2.35. The van der Waals surface area contributed by atoms with Crippen molar-refractivity contribution in [2.75, 3.05) is 0 Å². The average Bonchev–Trinajstić information content (AvgIpc) is 3.15. The van der Waals surface area contributed by atoms with Crippen LogP contribution in [0.4, 0.5) is 0 Å². The van der Waals surface area contributed by atoms with Crippen molar-refractivity contribution in [2.24, 2.45) is 0 Å². The molecule has 0 spiro atoms. The van der Waals surface area contributed by atoms with Crippen molar-refractivity contribution in [3.8, 4) is 0 Å². The lowest BCUT2D eigenvalue weighted by Gasteiger charge is -2.22. The number of aromatic nitrogens is 4. The summed E-state index contributed by atoms with van der Waals surface area (Å²) in [5, 5.41) is 15.2. The third-order valence-electron chi connectivity index (χ3n) is 4.16. The van der Waals surface area contributed by atoms with E-state index in [1.165, 1.54) is 11.8 Å². The van der Waals surface area contributed by atoms with Crippen molar-refractivity contribution in [3.05, 3.63) is 71.8 Å². The van der Waals surface area contributed by atoms with Crippen LogP contribution in [0, 0.1) is 0 Å². The summed E-state index contributed by atoms with van der Waals surface area (Å²) in [6.45, 7) is 5.88. The highest BCUT2D eigenvalue weighted by molar-refractivity contribution is 8.00. The zero-order valence-corrected chi connectivity index (χ0v) is 16.4. The molecule has 1 heterocycles. The minimum Gasteiger partial charge on any atom is -0.344 e. The molecular weight excluding hydrogens is 358 g/mol. The van der Waals surface area contributed by atoms with Crippen molar-refractivity contribution in [3.63, 3.8) is 0 Å². The van der Waals surface area contributed by atoms with Crippen molar-refractivity contribution >= 4 is 17.7 Å². The van der Waals surface area contributed by atoms with E-state index < -0.39 is 0 Å². The third-order valence-corrected chi connectivity index (χ3v) is 5.20. The number of thioether (sulfide) groups is 1. The number of carbonyl (C=O) groups excluding carboxylic acids is 1. The van der Waals surface area contributed by atoms with Crippen LogP contribution >= 0.6 is 11.8 Å². The molecule has 0 fully saturated rings. The number of benzene rings is 2. The number of hydrogen-bond acceptors (Lipinski definition) is 5. The number of hydrogen-bond donors (Lipinski definition) is 1. The van der Waals surface area contributed by atoms with E-state index in [0.29, 0.717) is 5.16 Å². The normalized spacial score (nSPS) is 12.3. The van der Waals surface area contributed by atoms with Gasteiger partial charge < -0.3 is 5.32 Å². The second-order valence-electron chi connectivity index (χ2n) is 6.52. The Balaban J connectivity index is 1.77. The molecule has 140 valence electrons. The van der Waals surface area contributed by atoms with Crippen LogP contribution in [0.15, 0.2) is 65.8 Å². The fourth-order valence-electron chi connectivity index (χ4n) is 2.71. The lowest BCUT2D eigenvalue weighted by molar-refractivity contribution is -0.120. The minimum absolute atomic E-state index is 0.0592. The number of nitrogens with zero attached hydrogens (tertiary/aromatic N) is 4. The zero-order chi connectivity index (χ0) is 19.2. The molecule has 27 heavy (non-hydrogen) atoms. The topological polar surface area (TPSA) is 72.7 Å². The number of carbonyl (C=O) groups is 1. The monoisotopic (exact) mass is 381 g/mol. The summed E-state index contributed by atoms with van der Waals surface area (Å²) in [6.07, 6.45) is 0. The Hall–Kier alpha value is -2.67. The van der Waals surface area contributed by atoms with Gasteiger partial charge in [0.2, 0.25) is 11.1 Å². The summed E-state index contributed by atoms with van der Waals surface area (Å²) >= 11 is 1.36. The first kappa shape index (κ1) is 19.1. The number of amides is 1. The van der Waals surface area contributed by atoms with Crippen LogP contribution in [-0.4, -0.2) is 31.4 Å². The molecule has 6 nitrogen and oxygen atoms in total. The maximum atomic E-state index is 12.9. The first-order valence-electron chi connectivity index (χ1n) is 8.91. The molecule has 1 atom stereocenters. The standard InChI is InChI=1S/C20H23N5OS/c1-14(2)25-20(22-23-24-25)27-15(3)19(26)21-18(16-10-6-4-7-11-16)17-12-8-5-9-13-17/h4-15,18H,1-3H3,(H,21,26). The lowest BCUT2D eigenvalue weighted by atomic mass is 9.98. The molecule has 2 aromatic carbocycles. The molecule has 7 heteroatoms. The van der Waals surface area contributed by atoms with Crippen molar-refractivity contribution in [2.45, 2.75) is 43.3 Å². The van der Waals surface area contributed by atoms with Gasteiger partial charge in [-0.2, -0.15) is 0 Å². The Morgan fingerprint density at radius 1 is 0.963 bits per heavy atom. The number of tetrazole rings is 1. The Kier molecular flexibility index (Phi) is 6.24. The minimum atomic E-state index is -0.330. The molecule has 0 bridgehead atoms. The first-order valence-corrected chi connectivity index (χ1v) is 9.79. The highest BCUT2D eigenvalue weighted by Crippen LogP contribution is 2.26. The Morgan fingerprint density at radius 3 is 2.04 bits per heavy atom. The fraction of sp³-hybridized carbons (Fsp3) is 0.300.